The van der Waals surface area contributed by atoms with Crippen molar-refractivity contribution >= 4 is 5.97 Å². The second-order valence-corrected chi connectivity index (χ2v) is 4.38. The molecule has 1 aliphatic rings. The number of carboxylic acid groups (broad SMARTS) is 1. The van der Waals surface area contributed by atoms with E-state index in [4.69, 9.17) is 5.11 Å². The molecule has 92 valence electrons. The molecule has 0 aromatic heterocycles. The maximum absolute atomic E-state index is 12.2. The molecule has 1 aliphatic carbocycles. The van der Waals surface area contributed by atoms with Crippen LogP contribution in [-0.2, 0) is 16.6 Å². The molecule has 1 aromatic rings. The predicted octanol–water partition coefficient (Wildman–Crippen LogP) is 2.91. The first-order chi connectivity index (χ1) is 7.83. The van der Waals surface area contributed by atoms with E-state index in [1.807, 2.05) is 0 Å². The summed E-state index contributed by atoms with van der Waals surface area (Å²) in [5.41, 5.74) is -0.351. The van der Waals surface area contributed by atoms with Gasteiger partial charge in [-0.15, -0.1) is 0 Å². The Morgan fingerprint density at radius 1 is 1.35 bits per heavy atom. The van der Waals surface area contributed by atoms with E-state index in [0.717, 1.165) is 0 Å². The van der Waals surface area contributed by atoms with Crippen LogP contribution in [0.25, 0.3) is 0 Å². The van der Waals surface area contributed by atoms with Gasteiger partial charge in [0.2, 0.25) is 0 Å². The summed E-state index contributed by atoms with van der Waals surface area (Å²) in [5.74, 6) is -0.957. The van der Waals surface area contributed by atoms with Crippen molar-refractivity contribution in [1.29, 1.82) is 0 Å². The highest BCUT2D eigenvalue weighted by Gasteiger charge is 2.51. The van der Waals surface area contributed by atoms with Gasteiger partial charge in [0.1, 0.15) is 0 Å². The number of hydrogen-bond donors (Lipinski definition) is 1. The standard InChI is InChI=1S/C12H11F3O2/c13-12(14,15)7-8-2-1-3-9(6-8)11(4-5-11)10(16)17/h1-3,6H,4-5,7H2,(H,16,17). The number of alkyl halides is 3. The highest BCUT2D eigenvalue weighted by atomic mass is 19.4. The fourth-order valence-corrected chi connectivity index (χ4v) is 1.96. The molecule has 5 heteroatoms. The van der Waals surface area contributed by atoms with Gasteiger partial charge in [-0.2, -0.15) is 13.2 Å². The van der Waals surface area contributed by atoms with Crippen LogP contribution >= 0.6 is 0 Å². The van der Waals surface area contributed by atoms with Crippen LogP contribution in [0, 0.1) is 0 Å². The summed E-state index contributed by atoms with van der Waals surface area (Å²) in [4.78, 5) is 11.1. The lowest BCUT2D eigenvalue weighted by Crippen LogP contribution is -2.20. The first-order valence-electron chi connectivity index (χ1n) is 5.23. The second-order valence-electron chi connectivity index (χ2n) is 4.38. The predicted molar refractivity (Wildman–Crippen MR) is 54.7 cm³/mol. The maximum atomic E-state index is 12.2. The van der Waals surface area contributed by atoms with Crippen LogP contribution in [-0.4, -0.2) is 17.3 Å². The highest BCUT2D eigenvalue weighted by molar-refractivity contribution is 5.84. The Bertz CT molecular complexity index is 447. The zero-order chi connectivity index (χ0) is 12.7. The molecule has 1 aromatic carbocycles. The van der Waals surface area contributed by atoms with E-state index in [2.05, 4.69) is 0 Å². The van der Waals surface area contributed by atoms with Gasteiger partial charge in [0.15, 0.2) is 0 Å². The lowest BCUT2D eigenvalue weighted by atomic mass is 9.94. The number of aliphatic carboxylic acids is 1. The normalized spacial score (nSPS) is 17.8. The molecule has 1 N–H and O–H groups in total. The number of carboxylic acids is 1. The Balaban J connectivity index is 2.27. The van der Waals surface area contributed by atoms with E-state index in [9.17, 15) is 18.0 Å². The van der Waals surface area contributed by atoms with Gasteiger partial charge < -0.3 is 5.11 Å². The third-order valence-electron chi connectivity index (χ3n) is 3.04. The minimum absolute atomic E-state index is 0.113. The van der Waals surface area contributed by atoms with Crippen molar-refractivity contribution in [1.82, 2.24) is 0 Å². The fourth-order valence-electron chi connectivity index (χ4n) is 1.96. The Morgan fingerprint density at radius 3 is 2.47 bits per heavy atom. The molecule has 2 rings (SSSR count). The van der Waals surface area contributed by atoms with Crippen LogP contribution in [0.4, 0.5) is 13.2 Å². The molecule has 0 saturated heterocycles. The van der Waals surface area contributed by atoms with E-state index in [1.165, 1.54) is 18.2 Å². The molecule has 0 atom stereocenters. The van der Waals surface area contributed by atoms with Crippen molar-refractivity contribution in [3.8, 4) is 0 Å². The smallest absolute Gasteiger partial charge is 0.393 e. The SMILES string of the molecule is O=C(O)C1(c2cccc(CC(F)(F)F)c2)CC1. The van der Waals surface area contributed by atoms with Crippen LogP contribution in [0.3, 0.4) is 0 Å². The topological polar surface area (TPSA) is 37.3 Å². The van der Waals surface area contributed by atoms with E-state index in [1.54, 1.807) is 6.07 Å². The Morgan fingerprint density at radius 2 is 2.00 bits per heavy atom. The van der Waals surface area contributed by atoms with Gasteiger partial charge in [-0.3, -0.25) is 4.79 Å². The van der Waals surface area contributed by atoms with Crippen molar-refractivity contribution < 1.29 is 23.1 Å². The van der Waals surface area contributed by atoms with Crippen LogP contribution in [0.5, 0.6) is 0 Å². The highest BCUT2D eigenvalue weighted by Crippen LogP contribution is 2.48. The van der Waals surface area contributed by atoms with Crippen molar-refractivity contribution in [3.05, 3.63) is 35.4 Å². The summed E-state index contributed by atoms with van der Waals surface area (Å²) in [6.07, 6.45) is -4.29. The van der Waals surface area contributed by atoms with Gasteiger partial charge in [-0.05, 0) is 24.0 Å². The largest absolute Gasteiger partial charge is 0.481 e. The zero-order valence-electron chi connectivity index (χ0n) is 8.92. The Labute approximate surface area is 96.1 Å². The summed E-state index contributed by atoms with van der Waals surface area (Å²) >= 11 is 0. The third kappa shape index (κ3) is 2.43. The lowest BCUT2D eigenvalue weighted by molar-refractivity contribution is -0.140. The van der Waals surface area contributed by atoms with Crippen molar-refractivity contribution in [3.63, 3.8) is 0 Å². The van der Waals surface area contributed by atoms with E-state index < -0.39 is 24.0 Å². The number of halogens is 3. The van der Waals surface area contributed by atoms with Crippen molar-refractivity contribution in [2.45, 2.75) is 30.9 Å². The van der Waals surface area contributed by atoms with Crippen LogP contribution in [0.15, 0.2) is 24.3 Å². The van der Waals surface area contributed by atoms with Gasteiger partial charge in [-0.1, -0.05) is 24.3 Å². The fraction of sp³-hybridized carbons (Fsp3) is 0.417. The number of hydrogen-bond acceptors (Lipinski definition) is 1. The van der Waals surface area contributed by atoms with Crippen LogP contribution in [0.2, 0.25) is 0 Å². The molecule has 0 radical (unpaired) electrons. The number of carbonyl (C=O) groups is 1. The molecule has 0 heterocycles. The molecule has 0 unspecified atom stereocenters. The van der Waals surface area contributed by atoms with Crippen LogP contribution in [0.1, 0.15) is 24.0 Å². The molecule has 1 fully saturated rings. The molecule has 2 nitrogen and oxygen atoms in total. The van der Waals surface area contributed by atoms with Gasteiger partial charge in [0, 0.05) is 0 Å². The van der Waals surface area contributed by atoms with Crippen molar-refractivity contribution in [2.24, 2.45) is 0 Å². The van der Waals surface area contributed by atoms with Gasteiger partial charge in [0.05, 0.1) is 11.8 Å². The Hall–Kier alpha value is -1.52. The van der Waals surface area contributed by atoms with E-state index in [0.29, 0.717) is 18.4 Å². The molecule has 17 heavy (non-hydrogen) atoms. The summed E-state index contributed by atoms with van der Waals surface area (Å²) < 4.78 is 36.7. The van der Waals surface area contributed by atoms with E-state index in [-0.39, 0.29) is 5.56 Å². The average Bonchev–Trinajstić information content (AvgIpc) is 2.95. The number of rotatable bonds is 3. The molecule has 0 aliphatic heterocycles. The molecule has 1 saturated carbocycles. The first kappa shape index (κ1) is 12.0. The molecule has 0 amide bonds. The van der Waals surface area contributed by atoms with Gasteiger partial charge in [0.25, 0.3) is 0 Å². The zero-order valence-corrected chi connectivity index (χ0v) is 8.92. The summed E-state index contributed by atoms with van der Waals surface area (Å²) in [6.45, 7) is 0. The quantitative estimate of drug-likeness (QED) is 0.887. The van der Waals surface area contributed by atoms with Crippen molar-refractivity contribution in [2.75, 3.05) is 0 Å². The van der Waals surface area contributed by atoms with Gasteiger partial charge in [-0.25, -0.2) is 0 Å². The average molecular weight is 244 g/mol. The number of benzene rings is 1. The molecular formula is C12H11F3O2. The monoisotopic (exact) mass is 244 g/mol. The minimum atomic E-state index is -4.27. The summed E-state index contributed by atoms with van der Waals surface area (Å²) in [5, 5.41) is 9.06. The maximum Gasteiger partial charge on any atom is 0.393 e. The second kappa shape index (κ2) is 3.75. The van der Waals surface area contributed by atoms with Crippen LogP contribution < -0.4 is 0 Å². The lowest BCUT2D eigenvalue weighted by Gasteiger charge is -2.12. The molecule has 0 spiro atoms. The Kier molecular flexibility index (Phi) is 2.64. The van der Waals surface area contributed by atoms with Gasteiger partial charge >= 0.3 is 12.1 Å². The minimum Gasteiger partial charge on any atom is -0.481 e. The first-order valence-corrected chi connectivity index (χ1v) is 5.23. The van der Waals surface area contributed by atoms with E-state index >= 15 is 0 Å². The third-order valence-corrected chi connectivity index (χ3v) is 3.04. The summed E-state index contributed by atoms with van der Waals surface area (Å²) in [6, 6.07) is 5.80. The molecular weight excluding hydrogens is 233 g/mol. The molecule has 0 bridgehead atoms. The summed E-state index contributed by atoms with van der Waals surface area (Å²) in [7, 11) is 0.